The number of nitrogens with one attached hydrogen (secondary N) is 1. The third kappa shape index (κ3) is 4.72. The van der Waals surface area contributed by atoms with E-state index in [2.05, 4.69) is 5.32 Å². The SMILES string of the molecule is CC(C)[C@@H](NC(=O)Cc1c(F)cccc1Cl)c1ccc2c(c1)OCCCO2. The van der Waals surface area contributed by atoms with Gasteiger partial charge in [-0.15, -0.1) is 0 Å². The molecule has 2 aromatic carbocycles. The lowest BCUT2D eigenvalue weighted by Gasteiger charge is -2.24. The molecule has 0 aliphatic carbocycles. The molecule has 0 saturated heterocycles. The fraction of sp³-hybridized carbons (Fsp3) is 0.381. The van der Waals surface area contributed by atoms with Gasteiger partial charge in [-0.3, -0.25) is 4.79 Å². The first-order chi connectivity index (χ1) is 13.0. The van der Waals surface area contributed by atoms with Crippen LogP contribution in [0.1, 0.15) is 37.4 Å². The fourth-order valence-electron chi connectivity index (χ4n) is 3.09. The van der Waals surface area contributed by atoms with Gasteiger partial charge in [-0.05, 0) is 35.7 Å². The molecule has 1 aliphatic rings. The molecular weight excluding hydrogens is 369 g/mol. The van der Waals surface area contributed by atoms with Gasteiger partial charge in [-0.25, -0.2) is 4.39 Å². The average Bonchev–Trinajstić information content (AvgIpc) is 2.87. The molecule has 0 fully saturated rings. The lowest BCUT2D eigenvalue weighted by Crippen LogP contribution is -2.33. The molecule has 0 saturated carbocycles. The van der Waals surface area contributed by atoms with Crippen molar-refractivity contribution >= 4 is 17.5 Å². The summed E-state index contributed by atoms with van der Waals surface area (Å²) in [5.41, 5.74) is 1.13. The van der Waals surface area contributed by atoms with Crippen LogP contribution >= 0.6 is 11.6 Å². The lowest BCUT2D eigenvalue weighted by molar-refractivity contribution is -0.121. The zero-order valence-corrected chi connectivity index (χ0v) is 16.2. The van der Waals surface area contributed by atoms with Crippen molar-refractivity contribution in [2.75, 3.05) is 13.2 Å². The first-order valence-electron chi connectivity index (χ1n) is 9.07. The van der Waals surface area contributed by atoms with E-state index in [0.717, 1.165) is 12.0 Å². The Kier molecular flexibility index (Phi) is 6.22. The maximum Gasteiger partial charge on any atom is 0.225 e. The summed E-state index contributed by atoms with van der Waals surface area (Å²) in [6.45, 7) is 5.26. The molecule has 4 nitrogen and oxygen atoms in total. The van der Waals surface area contributed by atoms with Crippen LogP contribution in [0, 0.1) is 11.7 Å². The van der Waals surface area contributed by atoms with E-state index in [9.17, 15) is 9.18 Å². The molecule has 1 aliphatic heterocycles. The van der Waals surface area contributed by atoms with Gasteiger partial charge in [0.2, 0.25) is 5.91 Å². The highest BCUT2D eigenvalue weighted by atomic mass is 35.5. The number of hydrogen-bond acceptors (Lipinski definition) is 3. The highest BCUT2D eigenvalue weighted by Crippen LogP contribution is 2.34. The third-order valence-electron chi connectivity index (χ3n) is 4.51. The van der Waals surface area contributed by atoms with E-state index < -0.39 is 5.82 Å². The lowest BCUT2D eigenvalue weighted by atomic mass is 9.95. The molecule has 2 aromatic rings. The minimum Gasteiger partial charge on any atom is -0.490 e. The summed E-state index contributed by atoms with van der Waals surface area (Å²) in [6.07, 6.45) is 0.719. The number of fused-ring (bicyclic) bond motifs is 1. The highest BCUT2D eigenvalue weighted by molar-refractivity contribution is 6.31. The quantitative estimate of drug-likeness (QED) is 0.803. The first-order valence-corrected chi connectivity index (χ1v) is 9.45. The van der Waals surface area contributed by atoms with Crippen molar-refractivity contribution in [3.8, 4) is 11.5 Å². The summed E-state index contributed by atoms with van der Waals surface area (Å²) >= 11 is 6.03. The van der Waals surface area contributed by atoms with E-state index in [1.807, 2.05) is 32.0 Å². The zero-order valence-electron chi connectivity index (χ0n) is 15.4. The van der Waals surface area contributed by atoms with Gasteiger partial charge in [0.1, 0.15) is 5.82 Å². The summed E-state index contributed by atoms with van der Waals surface area (Å²) in [5, 5.41) is 3.25. The van der Waals surface area contributed by atoms with Gasteiger partial charge in [-0.2, -0.15) is 0 Å². The summed E-state index contributed by atoms with van der Waals surface area (Å²) in [6, 6.07) is 9.87. The molecule has 0 spiro atoms. The second kappa shape index (κ2) is 8.61. The summed E-state index contributed by atoms with van der Waals surface area (Å²) in [5.74, 6) is 0.766. The fourth-order valence-corrected chi connectivity index (χ4v) is 3.32. The summed E-state index contributed by atoms with van der Waals surface area (Å²) in [4.78, 5) is 12.6. The second-order valence-corrected chi connectivity index (χ2v) is 7.33. The Morgan fingerprint density at radius 3 is 2.63 bits per heavy atom. The first kappa shape index (κ1) is 19.5. The Bertz CT molecular complexity index is 805. The molecule has 3 rings (SSSR count). The van der Waals surface area contributed by atoms with E-state index in [1.165, 1.54) is 12.1 Å². The van der Waals surface area contributed by atoms with Gasteiger partial charge in [0.15, 0.2) is 11.5 Å². The Labute approximate surface area is 163 Å². The molecule has 1 N–H and O–H groups in total. The Hall–Kier alpha value is -2.27. The number of amides is 1. The smallest absolute Gasteiger partial charge is 0.225 e. The van der Waals surface area contributed by atoms with Crippen LogP contribution in [-0.2, 0) is 11.2 Å². The predicted octanol–water partition coefficient (Wildman–Crippen LogP) is 4.70. The van der Waals surface area contributed by atoms with Crippen LogP contribution in [0.25, 0.3) is 0 Å². The van der Waals surface area contributed by atoms with Crippen LogP contribution in [0.4, 0.5) is 4.39 Å². The molecule has 1 atom stereocenters. The normalized spacial score (nSPS) is 14.6. The predicted molar refractivity (Wildman–Crippen MR) is 103 cm³/mol. The molecule has 6 heteroatoms. The van der Waals surface area contributed by atoms with E-state index in [4.69, 9.17) is 21.1 Å². The summed E-state index contributed by atoms with van der Waals surface area (Å²) < 4.78 is 25.4. The van der Waals surface area contributed by atoms with Gasteiger partial charge in [0.05, 0.1) is 25.7 Å². The van der Waals surface area contributed by atoms with Crippen molar-refractivity contribution in [2.45, 2.75) is 32.7 Å². The van der Waals surface area contributed by atoms with E-state index in [1.54, 1.807) is 6.07 Å². The van der Waals surface area contributed by atoms with Gasteiger partial charge >= 0.3 is 0 Å². The van der Waals surface area contributed by atoms with Crippen LogP contribution in [0.15, 0.2) is 36.4 Å². The number of carbonyl (C=O) groups is 1. The molecule has 1 amide bonds. The van der Waals surface area contributed by atoms with Crippen molar-refractivity contribution in [3.05, 3.63) is 58.4 Å². The van der Waals surface area contributed by atoms with Crippen molar-refractivity contribution in [1.29, 1.82) is 0 Å². The van der Waals surface area contributed by atoms with Gasteiger partial charge < -0.3 is 14.8 Å². The summed E-state index contributed by atoms with van der Waals surface area (Å²) in [7, 11) is 0. The maximum absolute atomic E-state index is 14.0. The van der Waals surface area contributed by atoms with Crippen molar-refractivity contribution < 1.29 is 18.7 Å². The Balaban J connectivity index is 1.78. The number of halogens is 2. The molecule has 144 valence electrons. The third-order valence-corrected chi connectivity index (χ3v) is 4.87. The van der Waals surface area contributed by atoms with Gasteiger partial charge in [0.25, 0.3) is 0 Å². The largest absolute Gasteiger partial charge is 0.490 e. The average molecular weight is 392 g/mol. The Morgan fingerprint density at radius 1 is 1.19 bits per heavy atom. The van der Waals surface area contributed by atoms with Crippen molar-refractivity contribution in [3.63, 3.8) is 0 Å². The van der Waals surface area contributed by atoms with Crippen LogP contribution in [0.2, 0.25) is 5.02 Å². The van der Waals surface area contributed by atoms with Crippen LogP contribution in [0.5, 0.6) is 11.5 Å². The van der Waals surface area contributed by atoms with Gasteiger partial charge in [-0.1, -0.05) is 37.6 Å². The number of rotatable bonds is 5. The number of ether oxygens (including phenoxy) is 2. The molecule has 0 aromatic heterocycles. The maximum atomic E-state index is 14.0. The number of benzene rings is 2. The zero-order chi connectivity index (χ0) is 19.4. The molecular formula is C21H23ClFNO3. The van der Waals surface area contributed by atoms with E-state index >= 15 is 0 Å². The molecule has 0 unspecified atom stereocenters. The highest BCUT2D eigenvalue weighted by Gasteiger charge is 2.22. The minimum absolute atomic E-state index is 0.112. The Morgan fingerprint density at radius 2 is 1.93 bits per heavy atom. The van der Waals surface area contributed by atoms with Crippen LogP contribution < -0.4 is 14.8 Å². The van der Waals surface area contributed by atoms with Crippen molar-refractivity contribution in [1.82, 2.24) is 5.32 Å². The van der Waals surface area contributed by atoms with E-state index in [-0.39, 0.29) is 34.9 Å². The molecule has 0 bridgehead atoms. The van der Waals surface area contributed by atoms with Crippen LogP contribution in [0.3, 0.4) is 0 Å². The number of carbonyl (C=O) groups excluding carboxylic acids is 1. The monoisotopic (exact) mass is 391 g/mol. The van der Waals surface area contributed by atoms with Crippen LogP contribution in [-0.4, -0.2) is 19.1 Å². The second-order valence-electron chi connectivity index (χ2n) is 6.92. The number of hydrogen-bond donors (Lipinski definition) is 1. The minimum atomic E-state index is -0.477. The molecule has 1 heterocycles. The molecule has 0 radical (unpaired) electrons. The van der Waals surface area contributed by atoms with E-state index in [0.29, 0.717) is 24.7 Å². The topological polar surface area (TPSA) is 47.6 Å². The van der Waals surface area contributed by atoms with Gasteiger partial charge in [0, 0.05) is 17.0 Å². The molecule has 27 heavy (non-hydrogen) atoms. The van der Waals surface area contributed by atoms with Crippen molar-refractivity contribution in [2.24, 2.45) is 5.92 Å². The standard InChI is InChI=1S/C21H23ClFNO3/c1-13(2)21(14-7-8-18-19(11-14)27-10-4-9-26-18)24-20(25)12-15-16(22)5-3-6-17(15)23/h3,5-8,11,13,21H,4,9-10,12H2,1-2H3,(H,24,25)/t21-/m1/s1.